The first-order valence-corrected chi connectivity index (χ1v) is 9.25. The minimum absolute atomic E-state index is 0.114. The van der Waals surface area contributed by atoms with E-state index in [1.54, 1.807) is 18.2 Å². The van der Waals surface area contributed by atoms with Gasteiger partial charge in [-0.1, -0.05) is 23.2 Å². The number of anilines is 3. The topological polar surface area (TPSA) is 87.4 Å². The summed E-state index contributed by atoms with van der Waals surface area (Å²) >= 11 is 12.0. The average molecular weight is 411 g/mol. The van der Waals surface area contributed by atoms with E-state index in [1.807, 2.05) is 11.9 Å². The second-order valence-corrected chi connectivity index (χ2v) is 7.37. The van der Waals surface area contributed by atoms with Crippen molar-refractivity contribution < 1.29 is 4.92 Å². The van der Waals surface area contributed by atoms with Crippen LogP contribution in [0.5, 0.6) is 0 Å². The molecular formula is C17H20Cl2N6O2. The van der Waals surface area contributed by atoms with Crippen LogP contribution in [0.25, 0.3) is 0 Å². The molecule has 1 aromatic heterocycles. The lowest BCUT2D eigenvalue weighted by Gasteiger charge is -2.35. The molecule has 0 amide bonds. The lowest BCUT2D eigenvalue weighted by Crippen LogP contribution is -2.42. The SMILES string of the molecule is CN1CCC(N(C)c2ncnc(Nc3ccc(Cl)c(Cl)c3)c2[N+](=O)[O-])CC1. The number of aromatic nitrogens is 2. The Morgan fingerprint density at radius 1 is 1.26 bits per heavy atom. The van der Waals surface area contributed by atoms with Gasteiger partial charge < -0.3 is 15.1 Å². The standard InChI is InChI=1S/C17H20Cl2N6O2/c1-23-7-5-12(6-8-23)24(2)17-15(25(26)27)16(20-10-21-17)22-11-3-4-13(18)14(19)9-11/h3-4,9-10,12H,5-8H2,1-2H3,(H,20,21,22). The van der Waals surface area contributed by atoms with Crippen molar-refractivity contribution in [2.75, 3.05) is 37.4 Å². The number of benzene rings is 1. The van der Waals surface area contributed by atoms with Crippen LogP contribution in [0.1, 0.15) is 12.8 Å². The maximum absolute atomic E-state index is 11.8. The molecule has 0 bridgehead atoms. The molecule has 144 valence electrons. The number of piperidine rings is 1. The Labute approximate surface area is 167 Å². The Kier molecular flexibility index (Phi) is 5.98. The van der Waals surface area contributed by atoms with Crippen molar-refractivity contribution in [2.45, 2.75) is 18.9 Å². The first-order valence-electron chi connectivity index (χ1n) is 8.49. The number of hydrogen-bond donors (Lipinski definition) is 1. The fraction of sp³-hybridized carbons (Fsp3) is 0.412. The van der Waals surface area contributed by atoms with Crippen molar-refractivity contribution in [3.8, 4) is 0 Å². The quantitative estimate of drug-likeness (QED) is 0.589. The predicted molar refractivity (Wildman–Crippen MR) is 107 cm³/mol. The molecule has 1 fully saturated rings. The van der Waals surface area contributed by atoms with Gasteiger partial charge in [0.15, 0.2) is 0 Å². The fourth-order valence-electron chi connectivity index (χ4n) is 3.15. The van der Waals surface area contributed by atoms with Gasteiger partial charge in [0, 0.05) is 18.8 Å². The molecule has 3 rings (SSSR count). The molecule has 1 aromatic carbocycles. The van der Waals surface area contributed by atoms with E-state index in [0.717, 1.165) is 25.9 Å². The molecule has 1 N–H and O–H groups in total. The molecule has 1 aliphatic rings. The fourth-order valence-corrected chi connectivity index (χ4v) is 3.45. The van der Waals surface area contributed by atoms with Crippen molar-refractivity contribution in [1.82, 2.24) is 14.9 Å². The zero-order chi connectivity index (χ0) is 19.6. The zero-order valence-corrected chi connectivity index (χ0v) is 16.5. The number of nitrogens with zero attached hydrogens (tertiary/aromatic N) is 5. The molecule has 1 saturated heterocycles. The highest BCUT2D eigenvalue weighted by Gasteiger charge is 2.30. The lowest BCUT2D eigenvalue weighted by atomic mass is 10.0. The molecule has 2 heterocycles. The van der Waals surface area contributed by atoms with Gasteiger partial charge >= 0.3 is 5.69 Å². The number of hydrogen-bond acceptors (Lipinski definition) is 7. The normalized spacial score (nSPS) is 15.6. The first-order chi connectivity index (χ1) is 12.9. The van der Waals surface area contributed by atoms with Gasteiger partial charge in [0.05, 0.1) is 15.0 Å². The summed E-state index contributed by atoms with van der Waals surface area (Å²) in [6.45, 7) is 1.89. The van der Waals surface area contributed by atoms with Crippen molar-refractivity contribution >= 4 is 46.2 Å². The minimum Gasteiger partial charge on any atom is -0.351 e. The third-order valence-electron chi connectivity index (χ3n) is 4.74. The van der Waals surface area contributed by atoms with E-state index in [1.165, 1.54) is 6.33 Å². The van der Waals surface area contributed by atoms with Crippen LogP contribution in [0.15, 0.2) is 24.5 Å². The van der Waals surface area contributed by atoms with Gasteiger partial charge in [-0.25, -0.2) is 9.97 Å². The number of likely N-dealkylation sites (tertiary alicyclic amines) is 1. The van der Waals surface area contributed by atoms with E-state index in [4.69, 9.17) is 23.2 Å². The van der Waals surface area contributed by atoms with Crippen LogP contribution < -0.4 is 10.2 Å². The van der Waals surface area contributed by atoms with Crippen LogP contribution in [-0.4, -0.2) is 53.0 Å². The molecule has 0 unspecified atom stereocenters. The summed E-state index contributed by atoms with van der Waals surface area (Å²) in [5.74, 6) is 0.412. The van der Waals surface area contributed by atoms with Gasteiger partial charge in [0.25, 0.3) is 0 Å². The third-order valence-corrected chi connectivity index (χ3v) is 5.48. The Morgan fingerprint density at radius 3 is 2.59 bits per heavy atom. The Hall–Kier alpha value is -2.16. The number of halogens is 2. The van der Waals surface area contributed by atoms with Crippen LogP contribution in [-0.2, 0) is 0 Å². The minimum atomic E-state index is -0.458. The first kappa shape index (κ1) is 19.6. The van der Waals surface area contributed by atoms with Gasteiger partial charge in [-0.15, -0.1) is 0 Å². The van der Waals surface area contributed by atoms with Crippen LogP contribution in [0.3, 0.4) is 0 Å². The molecular weight excluding hydrogens is 391 g/mol. The van der Waals surface area contributed by atoms with Crippen molar-refractivity contribution in [3.63, 3.8) is 0 Å². The van der Waals surface area contributed by atoms with Gasteiger partial charge in [0.1, 0.15) is 6.33 Å². The molecule has 0 aliphatic carbocycles. The van der Waals surface area contributed by atoms with Crippen molar-refractivity contribution in [2.24, 2.45) is 0 Å². The van der Waals surface area contributed by atoms with E-state index < -0.39 is 4.92 Å². The summed E-state index contributed by atoms with van der Waals surface area (Å²) in [5.41, 5.74) is 0.393. The molecule has 0 saturated carbocycles. The zero-order valence-electron chi connectivity index (χ0n) is 15.0. The van der Waals surface area contributed by atoms with E-state index in [0.29, 0.717) is 21.6 Å². The summed E-state index contributed by atoms with van der Waals surface area (Å²) in [6, 6.07) is 5.08. The molecule has 8 nitrogen and oxygen atoms in total. The highest BCUT2D eigenvalue weighted by molar-refractivity contribution is 6.42. The van der Waals surface area contributed by atoms with Crippen LogP contribution in [0, 0.1) is 10.1 Å². The summed E-state index contributed by atoms with van der Waals surface area (Å²) < 4.78 is 0. The number of nitrogens with one attached hydrogen (secondary N) is 1. The van der Waals surface area contributed by atoms with E-state index in [9.17, 15) is 10.1 Å². The second-order valence-electron chi connectivity index (χ2n) is 6.55. The molecule has 0 atom stereocenters. The average Bonchev–Trinajstić information content (AvgIpc) is 2.64. The predicted octanol–water partition coefficient (Wildman–Crippen LogP) is 3.97. The Bertz CT molecular complexity index is 842. The van der Waals surface area contributed by atoms with Crippen molar-refractivity contribution in [1.29, 1.82) is 0 Å². The van der Waals surface area contributed by atoms with Gasteiger partial charge in [-0.3, -0.25) is 10.1 Å². The van der Waals surface area contributed by atoms with Crippen LogP contribution in [0.4, 0.5) is 23.0 Å². The summed E-state index contributed by atoms with van der Waals surface area (Å²) in [4.78, 5) is 23.7. The molecule has 1 aliphatic heterocycles. The second kappa shape index (κ2) is 8.24. The highest BCUT2D eigenvalue weighted by atomic mass is 35.5. The summed E-state index contributed by atoms with van der Waals surface area (Å²) in [5, 5.41) is 15.5. The monoisotopic (exact) mass is 410 g/mol. The van der Waals surface area contributed by atoms with Crippen LogP contribution >= 0.6 is 23.2 Å². The van der Waals surface area contributed by atoms with Gasteiger partial charge in [-0.05, 0) is 51.2 Å². The van der Waals surface area contributed by atoms with Crippen LogP contribution in [0.2, 0.25) is 10.0 Å². The molecule has 27 heavy (non-hydrogen) atoms. The van der Waals surface area contributed by atoms with E-state index in [2.05, 4.69) is 27.2 Å². The summed E-state index contributed by atoms with van der Waals surface area (Å²) in [7, 11) is 3.91. The van der Waals surface area contributed by atoms with Gasteiger partial charge in [-0.2, -0.15) is 0 Å². The van der Waals surface area contributed by atoms with E-state index in [-0.39, 0.29) is 17.5 Å². The maximum atomic E-state index is 11.8. The number of rotatable bonds is 5. The van der Waals surface area contributed by atoms with E-state index >= 15 is 0 Å². The molecule has 0 radical (unpaired) electrons. The maximum Gasteiger partial charge on any atom is 0.353 e. The Balaban J connectivity index is 1.92. The number of nitro groups is 1. The third kappa shape index (κ3) is 4.40. The smallest absolute Gasteiger partial charge is 0.351 e. The van der Waals surface area contributed by atoms with Crippen molar-refractivity contribution in [3.05, 3.63) is 44.7 Å². The highest BCUT2D eigenvalue weighted by Crippen LogP contribution is 2.36. The van der Waals surface area contributed by atoms with Gasteiger partial charge in [0.2, 0.25) is 11.6 Å². The summed E-state index contributed by atoms with van der Waals surface area (Å²) in [6.07, 6.45) is 3.17. The molecule has 2 aromatic rings. The Morgan fingerprint density at radius 2 is 1.96 bits per heavy atom. The largest absolute Gasteiger partial charge is 0.353 e. The lowest BCUT2D eigenvalue weighted by molar-refractivity contribution is -0.383. The molecule has 10 heteroatoms. The molecule has 0 spiro atoms.